The summed E-state index contributed by atoms with van der Waals surface area (Å²) < 4.78 is 44.5. The second kappa shape index (κ2) is 11.0. The molecule has 0 radical (unpaired) electrons. The highest BCUT2D eigenvalue weighted by atomic mass is 19.4. The fourth-order valence-corrected chi connectivity index (χ4v) is 2.08. The van der Waals surface area contributed by atoms with Gasteiger partial charge in [-0.3, -0.25) is 0 Å². The number of carbonyl (C=O) groups is 1. The molecule has 1 aromatic rings. The van der Waals surface area contributed by atoms with E-state index in [0.29, 0.717) is 5.92 Å². The van der Waals surface area contributed by atoms with E-state index < -0.39 is 12.1 Å². The number of aliphatic carboxylic acids is 1. The summed E-state index contributed by atoms with van der Waals surface area (Å²) >= 11 is 0. The average molecular weight is 367 g/mol. The molecule has 0 aliphatic carbocycles. The molecule has 1 rings (SSSR count). The van der Waals surface area contributed by atoms with E-state index in [1.165, 1.54) is 12.1 Å². The lowest BCUT2D eigenvalue weighted by Gasteiger charge is -2.26. The molecule has 3 N–H and O–H groups in total. The zero-order valence-corrected chi connectivity index (χ0v) is 14.5. The Morgan fingerprint density at radius 3 is 2.04 bits per heavy atom. The second-order valence-corrected chi connectivity index (χ2v) is 5.88. The Kier molecular flexibility index (Phi) is 10.3. The highest BCUT2D eigenvalue weighted by molar-refractivity contribution is 5.73. The van der Waals surface area contributed by atoms with E-state index in [0.717, 1.165) is 18.4 Å². The summed E-state index contributed by atoms with van der Waals surface area (Å²) in [6, 6.07) is 6.99. The molecule has 4 nitrogen and oxygen atoms in total. The third-order valence-electron chi connectivity index (χ3n) is 3.72. The van der Waals surface area contributed by atoms with Gasteiger partial charge >= 0.3 is 12.1 Å². The van der Waals surface area contributed by atoms with Crippen molar-refractivity contribution in [2.24, 2.45) is 5.92 Å². The summed E-state index contributed by atoms with van der Waals surface area (Å²) in [7, 11) is 0. The van der Waals surface area contributed by atoms with Crippen molar-refractivity contribution in [1.29, 1.82) is 0 Å². The van der Waals surface area contributed by atoms with E-state index in [1.54, 1.807) is 0 Å². The fraction of sp³-hybridized carbons (Fsp3) is 0.588. The van der Waals surface area contributed by atoms with E-state index in [4.69, 9.17) is 9.90 Å². The lowest BCUT2D eigenvalue weighted by atomic mass is 9.98. The number of benzene rings is 1. The SMILES string of the molecule is CC[C@H](C)[C@@H](CO)NC(C)Cc1ccc(F)cc1.O=C(O)C(F)(F)F. The van der Waals surface area contributed by atoms with Crippen LogP contribution in [0.15, 0.2) is 24.3 Å². The first-order chi connectivity index (χ1) is 11.5. The van der Waals surface area contributed by atoms with Crippen molar-refractivity contribution in [3.8, 4) is 0 Å². The number of hydrogen-bond acceptors (Lipinski definition) is 3. The van der Waals surface area contributed by atoms with Crippen molar-refractivity contribution in [1.82, 2.24) is 5.32 Å². The van der Waals surface area contributed by atoms with Crippen LogP contribution in [-0.4, -0.2) is 41.0 Å². The summed E-state index contributed by atoms with van der Waals surface area (Å²) in [5.41, 5.74) is 1.11. The number of carboxylic acids is 1. The smallest absolute Gasteiger partial charge is 0.475 e. The average Bonchev–Trinajstić information content (AvgIpc) is 2.53. The first-order valence-electron chi connectivity index (χ1n) is 7.92. The molecule has 8 heteroatoms. The van der Waals surface area contributed by atoms with E-state index in [2.05, 4.69) is 26.1 Å². The number of carboxylic acid groups (broad SMARTS) is 1. The first-order valence-corrected chi connectivity index (χ1v) is 7.92. The molecular formula is C17H25F4NO3. The van der Waals surface area contributed by atoms with E-state index in [1.807, 2.05) is 12.1 Å². The maximum Gasteiger partial charge on any atom is 0.490 e. The maximum atomic E-state index is 12.8. The van der Waals surface area contributed by atoms with Crippen LogP contribution < -0.4 is 5.32 Å². The van der Waals surface area contributed by atoms with E-state index >= 15 is 0 Å². The zero-order chi connectivity index (χ0) is 19.6. The van der Waals surface area contributed by atoms with Gasteiger partial charge < -0.3 is 15.5 Å². The molecule has 0 aliphatic rings. The topological polar surface area (TPSA) is 69.6 Å². The van der Waals surface area contributed by atoms with Gasteiger partial charge in [0.05, 0.1) is 6.61 Å². The molecule has 1 aromatic carbocycles. The molecular weight excluding hydrogens is 342 g/mol. The molecule has 0 aromatic heterocycles. The standard InChI is InChI=1S/C15H24FNO.C2HF3O2/c1-4-11(2)15(10-18)17-12(3)9-13-5-7-14(16)8-6-13;3-2(4,5)1(6)7/h5-8,11-12,15,17-18H,4,9-10H2,1-3H3;(H,6,7)/t11-,12?,15+;/m0./s1. The van der Waals surface area contributed by atoms with Gasteiger partial charge in [-0.15, -0.1) is 0 Å². The second-order valence-electron chi connectivity index (χ2n) is 5.88. The summed E-state index contributed by atoms with van der Waals surface area (Å²) in [5.74, 6) is -2.51. The number of halogens is 4. The van der Waals surface area contributed by atoms with Crippen LogP contribution in [0.1, 0.15) is 32.8 Å². The van der Waals surface area contributed by atoms with Gasteiger partial charge in [0.15, 0.2) is 0 Å². The summed E-state index contributed by atoms with van der Waals surface area (Å²) in [5, 5.41) is 19.9. The number of aliphatic hydroxyl groups excluding tert-OH is 1. The highest BCUT2D eigenvalue weighted by Gasteiger charge is 2.38. The molecule has 0 aliphatic heterocycles. The molecule has 3 atom stereocenters. The molecule has 0 amide bonds. The van der Waals surface area contributed by atoms with Gasteiger partial charge in [0.2, 0.25) is 0 Å². The van der Waals surface area contributed by atoms with Crippen LogP contribution in [0.25, 0.3) is 0 Å². The van der Waals surface area contributed by atoms with E-state index in [-0.39, 0.29) is 24.5 Å². The highest BCUT2D eigenvalue weighted by Crippen LogP contribution is 2.13. The number of hydrogen-bond donors (Lipinski definition) is 3. The predicted molar refractivity (Wildman–Crippen MR) is 86.7 cm³/mol. The Labute approximate surface area is 144 Å². The van der Waals surface area contributed by atoms with Crippen molar-refractivity contribution in [3.05, 3.63) is 35.6 Å². The number of alkyl halides is 3. The van der Waals surface area contributed by atoms with Crippen molar-refractivity contribution >= 4 is 5.97 Å². The van der Waals surface area contributed by atoms with Gasteiger partial charge in [-0.1, -0.05) is 32.4 Å². The Morgan fingerprint density at radius 2 is 1.68 bits per heavy atom. The minimum absolute atomic E-state index is 0.130. The van der Waals surface area contributed by atoms with Gasteiger partial charge in [-0.25, -0.2) is 9.18 Å². The molecule has 0 heterocycles. The third kappa shape index (κ3) is 10.0. The quantitative estimate of drug-likeness (QED) is 0.646. The van der Waals surface area contributed by atoms with Crippen molar-refractivity contribution in [2.45, 2.75) is 51.9 Å². The van der Waals surface area contributed by atoms with Gasteiger partial charge in [-0.2, -0.15) is 13.2 Å². The largest absolute Gasteiger partial charge is 0.490 e. The van der Waals surface area contributed by atoms with Crippen LogP contribution in [-0.2, 0) is 11.2 Å². The van der Waals surface area contributed by atoms with Crippen LogP contribution in [0.4, 0.5) is 17.6 Å². The minimum atomic E-state index is -5.08. The van der Waals surface area contributed by atoms with Gasteiger partial charge in [0, 0.05) is 12.1 Å². The zero-order valence-electron chi connectivity index (χ0n) is 14.5. The monoisotopic (exact) mass is 367 g/mol. The van der Waals surface area contributed by atoms with Gasteiger partial charge in [0.25, 0.3) is 0 Å². The van der Waals surface area contributed by atoms with Crippen molar-refractivity contribution in [2.75, 3.05) is 6.61 Å². The molecule has 0 saturated carbocycles. The maximum absolute atomic E-state index is 12.8. The lowest BCUT2D eigenvalue weighted by molar-refractivity contribution is -0.192. The molecule has 144 valence electrons. The summed E-state index contributed by atoms with van der Waals surface area (Å²) in [4.78, 5) is 8.90. The molecule has 1 unspecified atom stereocenters. The van der Waals surface area contributed by atoms with Crippen LogP contribution in [0, 0.1) is 11.7 Å². The van der Waals surface area contributed by atoms with Crippen LogP contribution in [0.3, 0.4) is 0 Å². The van der Waals surface area contributed by atoms with Crippen LogP contribution in [0.2, 0.25) is 0 Å². The predicted octanol–water partition coefficient (Wildman–Crippen LogP) is 3.39. The number of rotatable bonds is 7. The Balaban J connectivity index is 0.000000697. The molecule has 0 fully saturated rings. The van der Waals surface area contributed by atoms with E-state index in [9.17, 15) is 22.7 Å². The summed E-state index contributed by atoms with van der Waals surface area (Å²) in [6.45, 7) is 6.51. The normalized spacial score (nSPS) is 14.9. The third-order valence-corrected chi connectivity index (χ3v) is 3.72. The minimum Gasteiger partial charge on any atom is -0.475 e. The molecule has 0 saturated heterocycles. The first kappa shape index (κ1) is 23.3. The van der Waals surface area contributed by atoms with Crippen molar-refractivity contribution < 1.29 is 32.6 Å². The van der Waals surface area contributed by atoms with Crippen LogP contribution in [0.5, 0.6) is 0 Å². The van der Waals surface area contributed by atoms with Gasteiger partial charge in [-0.05, 0) is 37.0 Å². The van der Waals surface area contributed by atoms with Crippen LogP contribution >= 0.6 is 0 Å². The molecule has 25 heavy (non-hydrogen) atoms. The lowest BCUT2D eigenvalue weighted by Crippen LogP contribution is -2.44. The van der Waals surface area contributed by atoms with Crippen molar-refractivity contribution in [3.63, 3.8) is 0 Å². The molecule has 0 spiro atoms. The molecule has 0 bridgehead atoms. The number of aliphatic hydroxyl groups is 1. The van der Waals surface area contributed by atoms with Gasteiger partial charge in [0.1, 0.15) is 5.82 Å². The Bertz CT molecular complexity index is 506. The summed E-state index contributed by atoms with van der Waals surface area (Å²) in [6.07, 6.45) is -3.20. The number of nitrogens with one attached hydrogen (secondary N) is 1. The fourth-order valence-electron chi connectivity index (χ4n) is 2.08. The Hall–Kier alpha value is -1.67. The Morgan fingerprint density at radius 1 is 1.20 bits per heavy atom.